The van der Waals surface area contributed by atoms with E-state index in [0.29, 0.717) is 17.9 Å². The molecule has 1 heterocycles. The van der Waals surface area contributed by atoms with Crippen LogP contribution < -0.4 is 11.3 Å². The van der Waals surface area contributed by atoms with Gasteiger partial charge in [0.2, 0.25) is 0 Å². The van der Waals surface area contributed by atoms with Crippen LogP contribution in [0.4, 0.5) is 0 Å². The van der Waals surface area contributed by atoms with Gasteiger partial charge in [-0.1, -0.05) is 20.3 Å². The zero-order valence-electron chi connectivity index (χ0n) is 10.7. The summed E-state index contributed by atoms with van der Waals surface area (Å²) in [6.07, 6.45) is 7.45. The van der Waals surface area contributed by atoms with E-state index >= 15 is 0 Å². The van der Waals surface area contributed by atoms with Crippen molar-refractivity contribution in [2.24, 2.45) is 17.7 Å². The number of nitrogens with one attached hydrogen (secondary N) is 1. The van der Waals surface area contributed by atoms with Gasteiger partial charge in [0.05, 0.1) is 5.60 Å². The normalized spacial score (nSPS) is 32.1. The van der Waals surface area contributed by atoms with Gasteiger partial charge in [-0.15, -0.1) is 0 Å². The second-order valence-corrected chi connectivity index (χ2v) is 5.72. The fraction of sp³-hybridized carbons (Fsp3) is 1.00. The number of rotatable bonds is 4. The summed E-state index contributed by atoms with van der Waals surface area (Å²) in [4.78, 5) is 0. The number of nitrogens with two attached hydrogens (primary N) is 1. The SMILES string of the molecule is CCC(C)C(NN)C1CCOC2(CCC2)C1. The van der Waals surface area contributed by atoms with Crippen LogP contribution in [0.3, 0.4) is 0 Å². The maximum absolute atomic E-state index is 5.97. The van der Waals surface area contributed by atoms with Gasteiger partial charge in [-0.3, -0.25) is 11.3 Å². The fourth-order valence-electron chi connectivity index (χ4n) is 3.31. The van der Waals surface area contributed by atoms with Gasteiger partial charge in [0.25, 0.3) is 0 Å². The van der Waals surface area contributed by atoms with E-state index in [1.807, 2.05) is 0 Å². The minimum Gasteiger partial charge on any atom is -0.375 e. The Morgan fingerprint density at radius 2 is 2.25 bits per heavy atom. The number of hydrazine groups is 1. The summed E-state index contributed by atoms with van der Waals surface area (Å²) in [5.41, 5.74) is 3.29. The van der Waals surface area contributed by atoms with Crippen molar-refractivity contribution in [2.45, 2.75) is 64.0 Å². The van der Waals surface area contributed by atoms with Crippen molar-refractivity contribution in [3.63, 3.8) is 0 Å². The summed E-state index contributed by atoms with van der Waals surface area (Å²) < 4.78 is 5.97. The Balaban J connectivity index is 1.96. The molecule has 3 atom stereocenters. The van der Waals surface area contributed by atoms with Crippen LogP contribution in [-0.2, 0) is 4.74 Å². The lowest BCUT2D eigenvalue weighted by molar-refractivity contribution is -0.149. The maximum Gasteiger partial charge on any atom is 0.0685 e. The van der Waals surface area contributed by atoms with E-state index in [1.54, 1.807) is 0 Å². The van der Waals surface area contributed by atoms with Crippen molar-refractivity contribution in [3.8, 4) is 0 Å². The lowest BCUT2D eigenvalue weighted by Gasteiger charge is -2.49. The third-order valence-corrected chi connectivity index (χ3v) is 4.75. The average molecular weight is 226 g/mol. The van der Waals surface area contributed by atoms with E-state index in [-0.39, 0.29) is 5.60 Å². The highest BCUT2D eigenvalue weighted by Crippen LogP contribution is 2.45. The highest BCUT2D eigenvalue weighted by atomic mass is 16.5. The average Bonchev–Trinajstić information content (AvgIpc) is 2.28. The Morgan fingerprint density at radius 1 is 1.50 bits per heavy atom. The van der Waals surface area contributed by atoms with Crippen molar-refractivity contribution < 1.29 is 4.74 Å². The van der Waals surface area contributed by atoms with E-state index in [4.69, 9.17) is 10.6 Å². The summed E-state index contributed by atoms with van der Waals surface area (Å²) in [5.74, 6) is 7.10. The maximum atomic E-state index is 5.97. The van der Waals surface area contributed by atoms with Crippen LogP contribution in [0.5, 0.6) is 0 Å². The summed E-state index contributed by atoms with van der Waals surface area (Å²) in [7, 11) is 0. The Bertz CT molecular complexity index is 228. The van der Waals surface area contributed by atoms with Crippen LogP contribution in [0.25, 0.3) is 0 Å². The largest absolute Gasteiger partial charge is 0.375 e. The van der Waals surface area contributed by atoms with Gasteiger partial charge in [0.15, 0.2) is 0 Å². The Kier molecular flexibility index (Phi) is 3.88. The zero-order chi connectivity index (χ0) is 11.6. The van der Waals surface area contributed by atoms with Crippen molar-refractivity contribution in [2.75, 3.05) is 6.61 Å². The molecule has 2 fully saturated rings. The number of hydrogen-bond donors (Lipinski definition) is 2. The molecule has 1 saturated heterocycles. The molecule has 1 saturated carbocycles. The quantitative estimate of drug-likeness (QED) is 0.571. The van der Waals surface area contributed by atoms with Crippen LogP contribution >= 0.6 is 0 Å². The molecule has 16 heavy (non-hydrogen) atoms. The van der Waals surface area contributed by atoms with Crippen molar-refractivity contribution in [1.82, 2.24) is 5.43 Å². The van der Waals surface area contributed by atoms with Crippen molar-refractivity contribution >= 4 is 0 Å². The molecule has 3 N–H and O–H groups in total. The third kappa shape index (κ3) is 2.27. The predicted molar refractivity (Wildman–Crippen MR) is 65.8 cm³/mol. The van der Waals surface area contributed by atoms with Crippen LogP contribution in [0.15, 0.2) is 0 Å². The molecule has 0 amide bonds. The van der Waals surface area contributed by atoms with Gasteiger partial charge >= 0.3 is 0 Å². The first-order valence-electron chi connectivity index (χ1n) is 6.81. The first-order valence-corrected chi connectivity index (χ1v) is 6.81. The number of ether oxygens (including phenoxy) is 1. The fourth-order valence-corrected chi connectivity index (χ4v) is 3.31. The zero-order valence-corrected chi connectivity index (χ0v) is 10.7. The van der Waals surface area contributed by atoms with E-state index in [0.717, 1.165) is 6.61 Å². The summed E-state index contributed by atoms with van der Waals surface area (Å²) in [5, 5.41) is 0. The molecule has 0 radical (unpaired) electrons. The molecular formula is C13H26N2O. The molecule has 3 heteroatoms. The molecule has 0 aromatic rings. The molecule has 2 rings (SSSR count). The molecule has 1 aliphatic carbocycles. The minimum atomic E-state index is 0.242. The highest BCUT2D eigenvalue weighted by molar-refractivity contribution is 4.97. The minimum absolute atomic E-state index is 0.242. The highest BCUT2D eigenvalue weighted by Gasteiger charge is 2.44. The van der Waals surface area contributed by atoms with Gasteiger partial charge in [-0.05, 0) is 43.9 Å². The summed E-state index contributed by atoms with van der Waals surface area (Å²) in [6, 6.07) is 0.464. The predicted octanol–water partition coefficient (Wildman–Crippen LogP) is 2.21. The van der Waals surface area contributed by atoms with Gasteiger partial charge in [-0.2, -0.15) is 0 Å². The van der Waals surface area contributed by atoms with Gasteiger partial charge in [-0.25, -0.2) is 0 Å². The van der Waals surface area contributed by atoms with Gasteiger partial charge in [0, 0.05) is 12.6 Å². The summed E-state index contributed by atoms with van der Waals surface area (Å²) in [6.45, 7) is 5.47. The molecule has 0 bridgehead atoms. The second kappa shape index (κ2) is 5.03. The van der Waals surface area contributed by atoms with Crippen LogP contribution in [0.2, 0.25) is 0 Å². The molecular weight excluding hydrogens is 200 g/mol. The van der Waals surface area contributed by atoms with Crippen LogP contribution in [-0.4, -0.2) is 18.2 Å². The monoisotopic (exact) mass is 226 g/mol. The molecule has 3 unspecified atom stereocenters. The Morgan fingerprint density at radius 3 is 2.75 bits per heavy atom. The first kappa shape index (κ1) is 12.3. The first-order chi connectivity index (χ1) is 7.71. The molecule has 0 aromatic carbocycles. The topological polar surface area (TPSA) is 47.3 Å². The Labute approximate surface area is 99.1 Å². The lowest BCUT2D eigenvalue weighted by Crippen LogP contribution is -2.53. The van der Waals surface area contributed by atoms with E-state index in [2.05, 4.69) is 19.3 Å². The molecule has 0 aromatic heterocycles. The molecule has 3 nitrogen and oxygen atoms in total. The van der Waals surface area contributed by atoms with Crippen LogP contribution in [0.1, 0.15) is 52.4 Å². The summed E-state index contributed by atoms with van der Waals surface area (Å²) >= 11 is 0. The van der Waals surface area contributed by atoms with E-state index in [1.165, 1.54) is 38.5 Å². The smallest absolute Gasteiger partial charge is 0.0685 e. The van der Waals surface area contributed by atoms with Gasteiger partial charge in [0.1, 0.15) is 0 Å². The Hall–Kier alpha value is -0.120. The third-order valence-electron chi connectivity index (χ3n) is 4.75. The van der Waals surface area contributed by atoms with E-state index in [9.17, 15) is 0 Å². The number of hydrogen-bond acceptors (Lipinski definition) is 3. The standard InChI is InChI=1S/C13H26N2O/c1-3-10(2)12(15-14)11-5-8-16-13(9-11)6-4-7-13/h10-12,15H,3-9,14H2,1-2H3. The van der Waals surface area contributed by atoms with Crippen molar-refractivity contribution in [3.05, 3.63) is 0 Å². The van der Waals surface area contributed by atoms with Gasteiger partial charge < -0.3 is 4.74 Å². The van der Waals surface area contributed by atoms with E-state index < -0.39 is 0 Å². The lowest BCUT2D eigenvalue weighted by atomic mass is 9.69. The van der Waals surface area contributed by atoms with Crippen molar-refractivity contribution in [1.29, 1.82) is 0 Å². The molecule has 94 valence electrons. The molecule has 1 aliphatic heterocycles. The second-order valence-electron chi connectivity index (χ2n) is 5.72. The molecule has 1 spiro atoms. The molecule has 2 aliphatic rings. The van der Waals surface area contributed by atoms with Crippen LogP contribution in [0, 0.1) is 11.8 Å².